The number of nitrogens with zero attached hydrogens (tertiary/aromatic N) is 3. The number of nitrogens with one attached hydrogen (secondary N) is 1. The van der Waals surface area contributed by atoms with Crippen molar-refractivity contribution in [3.05, 3.63) is 28.8 Å². The van der Waals surface area contributed by atoms with Gasteiger partial charge in [0.1, 0.15) is 0 Å². The van der Waals surface area contributed by atoms with Crippen LogP contribution in [0.15, 0.2) is 18.2 Å². The van der Waals surface area contributed by atoms with E-state index in [4.69, 9.17) is 21.6 Å². The molecule has 2 saturated heterocycles. The number of urea groups is 1. The number of ether oxygens (including phenoxy) is 1. The van der Waals surface area contributed by atoms with Gasteiger partial charge in [-0.1, -0.05) is 11.6 Å². The maximum Gasteiger partial charge on any atom is 0.321 e. The molecule has 0 aromatic heterocycles. The van der Waals surface area contributed by atoms with E-state index < -0.39 is 0 Å². The molecule has 3 amide bonds. The molecule has 8 heteroatoms. The SMILES string of the molecule is N#C[C@H]1CCCN(C(=O)Nc2cc(C(=O)N3CCOCC3)ccc2Cl)C1. The van der Waals surface area contributed by atoms with Gasteiger partial charge in [-0.3, -0.25) is 4.79 Å². The molecule has 138 valence electrons. The standard InChI is InChI=1S/C18H21ClN4O3/c19-15-4-3-14(17(24)22-6-8-26-9-7-22)10-16(15)21-18(25)23-5-1-2-13(11-20)12-23/h3-4,10,13H,1-2,5-9,12H2,(H,21,25)/t13-/m1/s1. The number of hydrogen-bond acceptors (Lipinski definition) is 4. The summed E-state index contributed by atoms with van der Waals surface area (Å²) in [6, 6.07) is 6.78. The Balaban J connectivity index is 1.70. The van der Waals surface area contributed by atoms with Crippen molar-refractivity contribution in [2.75, 3.05) is 44.7 Å². The van der Waals surface area contributed by atoms with Crippen LogP contribution >= 0.6 is 11.6 Å². The Morgan fingerprint density at radius 3 is 2.73 bits per heavy atom. The second-order valence-electron chi connectivity index (χ2n) is 6.44. The molecule has 0 radical (unpaired) electrons. The fourth-order valence-corrected chi connectivity index (χ4v) is 3.33. The predicted molar refractivity (Wildman–Crippen MR) is 97.1 cm³/mol. The smallest absolute Gasteiger partial charge is 0.321 e. The molecule has 1 aromatic rings. The third-order valence-corrected chi connectivity index (χ3v) is 4.97. The number of piperidine rings is 1. The summed E-state index contributed by atoms with van der Waals surface area (Å²) in [5.41, 5.74) is 0.870. The Morgan fingerprint density at radius 1 is 1.23 bits per heavy atom. The van der Waals surface area contributed by atoms with Gasteiger partial charge in [0.05, 0.1) is 35.9 Å². The molecule has 2 heterocycles. The van der Waals surface area contributed by atoms with E-state index in [1.165, 1.54) is 0 Å². The lowest BCUT2D eigenvalue weighted by atomic mass is 10.0. The highest BCUT2D eigenvalue weighted by atomic mass is 35.5. The van der Waals surface area contributed by atoms with E-state index in [1.807, 2.05) is 0 Å². The number of halogens is 1. The molecule has 26 heavy (non-hydrogen) atoms. The molecule has 0 saturated carbocycles. The number of morpholine rings is 1. The van der Waals surface area contributed by atoms with E-state index in [0.29, 0.717) is 55.7 Å². The van der Waals surface area contributed by atoms with E-state index in [0.717, 1.165) is 12.8 Å². The topological polar surface area (TPSA) is 85.7 Å². The van der Waals surface area contributed by atoms with Crippen molar-refractivity contribution in [3.8, 4) is 6.07 Å². The number of benzene rings is 1. The highest BCUT2D eigenvalue weighted by Gasteiger charge is 2.24. The molecule has 1 atom stereocenters. The third kappa shape index (κ3) is 4.26. The lowest BCUT2D eigenvalue weighted by Crippen LogP contribution is -2.42. The zero-order valence-corrected chi connectivity index (χ0v) is 15.2. The number of carbonyl (C=O) groups is 2. The van der Waals surface area contributed by atoms with Crippen LogP contribution in [0.4, 0.5) is 10.5 Å². The number of carbonyl (C=O) groups excluding carboxylic acids is 2. The summed E-state index contributed by atoms with van der Waals surface area (Å²) in [6.45, 7) is 3.16. The summed E-state index contributed by atoms with van der Waals surface area (Å²) >= 11 is 6.20. The molecule has 2 fully saturated rings. The Morgan fingerprint density at radius 2 is 2.00 bits per heavy atom. The van der Waals surface area contributed by atoms with Gasteiger partial charge in [-0.2, -0.15) is 5.26 Å². The zero-order valence-electron chi connectivity index (χ0n) is 14.4. The van der Waals surface area contributed by atoms with Gasteiger partial charge < -0.3 is 19.9 Å². The van der Waals surface area contributed by atoms with Crippen LogP contribution in [0.3, 0.4) is 0 Å². The molecule has 0 spiro atoms. The van der Waals surface area contributed by atoms with E-state index in [9.17, 15) is 9.59 Å². The lowest BCUT2D eigenvalue weighted by Gasteiger charge is -2.30. The van der Waals surface area contributed by atoms with Crippen molar-refractivity contribution in [1.29, 1.82) is 5.26 Å². The van der Waals surface area contributed by atoms with E-state index in [1.54, 1.807) is 28.0 Å². The van der Waals surface area contributed by atoms with Crippen molar-refractivity contribution >= 4 is 29.2 Å². The summed E-state index contributed by atoms with van der Waals surface area (Å²) in [5, 5.41) is 12.2. The molecule has 7 nitrogen and oxygen atoms in total. The second-order valence-corrected chi connectivity index (χ2v) is 6.85. The van der Waals surface area contributed by atoms with Crippen LogP contribution in [0, 0.1) is 17.2 Å². The van der Waals surface area contributed by atoms with Crippen LogP contribution in [-0.2, 0) is 4.74 Å². The number of rotatable bonds is 2. The minimum Gasteiger partial charge on any atom is -0.378 e. The van der Waals surface area contributed by atoms with Gasteiger partial charge >= 0.3 is 6.03 Å². The number of nitriles is 1. The van der Waals surface area contributed by atoms with Gasteiger partial charge in [-0.15, -0.1) is 0 Å². The average molecular weight is 377 g/mol. The van der Waals surface area contributed by atoms with Crippen molar-refractivity contribution in [1.82, 2.24) is 9.80 Å². The number of amides is 3. The molecule has 0 unspecified atom stereocenters. The number of anilines is 1. The predicted octanol–water partition coefficient (Wildman–Crippen LogP) is 2.58. The van der Waals surface area contributed by atoms with E-state index in [-0.39, 0.29) is 17.9 Å². The van der Waals surface area contributed by atoms with E-state index in [2.05, 4.69) is 11.4 Å². The number of hydrogen-bond donors (Lipinski definition) is 1. The van der Waals surface area contributed by atoms with E-state index >= 15 is 0 Å². The Labute approximate surface area is 157 Å². The average Bonchev–Trinajstić information content (AvgIpc) is 2.69. The minimum absolute atomic E-state index is 0.108. The largest absolute Gasteiger partial charge is 0.378 e. The molecule has 3 rings (SSSR count). The highest BCUT2D eigenvalue weighted by Crippen LogP contribution is 2.25. The highest BCUT2D eigenvalue weighted by molar-refractivity contribution is 6.33. The van der Waals surface area contributed by atoms with Crippen LogP contribution < -0.4 is 5.32 Å². The zero-order chi connectivity index (χ0) is 18.5. The lowest BCUT2D eigenvalue weighted by molar-refractivity contribution is 0.0303. The van der Waals surface area contributed by atoms with Crippen LogP contribution in [0.2, 0.25) is 5.02 Å². The maximum absolute atomic E-state index is 12.6. The van der Waals surface area contributed by atoms with Crippen molar-refractivity contribution in [2.24, 2.45) is 5.92 Å². The van der Waals surface area contributed by atoms with Crippen molar-refractivity contribution in [3.63, 3.8) is 0 Å². The summed E-state index contributed by atoms with van der Waals surface area (Å²) in [4.78, 5) is 28.4. The Bertz CT molecular complexity index is 728. The Hall–Kier alpha value is -2.30. The van der Waals surface area contributed by atoms with Crippen LogP contribution in [-0.4, -0.2) is 61.1 Å². The van der Waals surface area contributed by atoms with Gasteiger partial charge in [-0.25, -0.2) is 4.79 Å². The second kappa shape index (κ2) is 8.39. The van der Waals surface area contributed by atoms with Crippen molar-refractivity contribution < 1.29 is 14.3 Å². The van der Waals surface area contributed by atoms with Gasteiger partial charge in [0, 0.05) is 31.7 Å². The summed E-state index contributed by atoms with van der Waals surface area (Å²) < 4.78 is 5.27. The molecule has 1 aromatic carbocycles. The van der Waals surface area contributed by atoms with Gasteiger partial charge in [0.25, 0.3) is 5.91 Å². The van der Waals surface area contributed by atoms with Crippen LogP contribution in [0.5, 0.6) is 0 Å². The summed E-state index contributed by atoms with van der Waals surface area (Å²) in [7, 11) is 0. The summed E-state index contributed by atoms with van der Waals surface area (Å²) in [6.07, 6.45) is 1.61. The van der Waals surface area contributed by atoms with Crippen LogP contribution in [0.25, 0.3) is 0 Å². The molecular formula is C18H21ClN4O3. The van der Waals surface area contributed by atoms with Crippen LogP contribution in [0.1, 0.15) is 23.2 Å². The monoisotopic (exact) mass is 376 g/mol. The van der Waals surface area contributed by atoms with Gasteiger partial charge in [0.15, 0.2) is 0 Å². The fraction of sp³-hybridized carbons (Fsp3) is 0.500. The first-order valence-corrected chi connectivity index (χ1v) is 9.08. The number of likely N-dealkylation sites (tertiary alicyclic amines) is 1. The molecule has 2 aliphatic rings. The maximum atomic E-state index is 12.6. The minimum atomic E-state index is -0.303. The normalized spacial score (nSPS) is 20.4. The third-order valence-electron chi connectivity index (χ3n) is 4.64. The van der Waals surface area contributed by atoms with Gasteiger partial charge in [-0.05, 0) is 31.0 Å². The molecule has 1 N–H and O–H groups in total. The molecule has 0 bridgehead atoms. The quantitative estimate of drug-likeness (QED) is 0.859. The molecule has 2 aliphatic heterocycles. The molecule has 0 aliphatic carbocycles. The van der Waals surface area contributed by atoms with Gasteiger partial charge in [0.2, 0.25) is 0 Å². The fourth-order valence-electron chi connectivity index (χ4n) is 3.16. The first-order chi connectivity index (χ1) is 12.6. The summed E-state index contributed by atoms with van der Waals surface area (Å²) in [5.74, 6) is -0.248. The Kier molecular flexibility index (Phi) is 5.96. The van der Waals surface area contributed by atoms with Crippen molar-refractivity contribution in [2.45, 2.75) is 12.8 Å². The molecular weight excluding hydrogens is 356 g/mol. The first-order valence-electron chi connectivity index (χ1n) is 8.70. The first kappa shape index (κ1) is 18.5.